The Bertz CT molecular complexity index is 426. The largest absolute Gasteiger partial charge is 0.297 e. The summed E-state index contributed by atoms with van der Waals surface area (Å²) in [6.45, 7) is 6.66. The van der Waals surface area contributed by atoms with E-state index in [1.807, 2.05) is 6.07 Å². The van der Waals surface area contributed by atoms with Gasteiger partial charge in [-0.05, 0) is 49.5 Å². The van der Waals surface area contributed by atoms with Gasteiger partial charge in [0.2, 0.25) is 0 Å². The van der Waals surface area contributed by atoms with Gasteiger partial charge in [0.05, 0.1) is 10.0 Å². The van der Waals surface area contributed by atoms with E-state index in [0.29, 0.717) is 16.1 Å². The van der Waals surface area contributed by atoms with Crippen molar-refractivity contribution >= 4 is 35.6 Å². The Balaban J connectivity index is 0.00000220. The van der Waals surface area contributed by atoms with E-state index >= 15 is 0 Å². The van der Waals surface area contributed by atoms with E-state index in [-0.39, 0.29) is 12.4 Å². The average Bonchev–Trinajstić information content (AvgIpc) is 2.48. The summed E-state index contributed by atoms with van der Waals surface area (Å²) in [7, 11) is 0. The highest BCUT2D eigenvalue weighted by Crippen LogP contribution is 2.39. The maximum Gasteiger partial charge on any atom is 0.0595 e. The Morgan fingerprint density at radius 3 is 2.19 bits per heavy atom. The third-order valence-corrected chi connectivity index (χ3v) is 5.33. The molecule has 21 heavy (non-hydrogen) atoms. The number of rotatable bonds is 5. The van der Waals surface area contributed by atoms with Crippen LogP contribution >= 0.6 is 35.6 Å². The minimum absolute atomic E-state index is 0. The van der Waals surface area contributed by atoms with Crippen molar-refractivity contribution in [3.05, 3.63) is 33.8 Å². The predicted octanol–water partition coefficient (Wildman–Crippen LogP) is 6.38. The molecule has 1 atom stereocenters. The number of hydrogen-bond acceptors (Lipinski definition) is 1. The summed E-state index contributed by atoms with van der Waals surface area (Å²) in [5.41, 5.74) is 1.33. The van der Waals surface area contributed by atoms with Gasteiger partial charge < -0.3 is 0 Å². The second-order valence-corrected chi connectivity index (χ2v) is 6.55. The zero-order chi connectivity index (χ0) is 14.5. The van der Waals surface area contributed by atoms with E-state index in [4.69, 9.17) is 23.2 Å². The second kappa shape index (κ2) is 9.25. The van der Waals surface area contributed by atoms with Crippen LogP contribution in [0.5, 0.6) is 0 Å². The third-order valence-electron chi connectivity index (χ3n) is 4.59. The van der Waals surface area contributed by atoms with Crippen molar-refractivity contribution in [2.24, 2.45) is 5.92 Å². The standard InChI is InChI=1S/C17H25Cl2N.ClH/c1-3-20(4-2)17(13-8-6-5-7-9-13)14-10-11-15(18)16(19)12-14;/h10-13,17H,3-9H2,1-2H3;1H. The van der Waals surface area contributed by atoms with Crippen molar-refractivity contribution in [2.75, 3.05) is 13.1 Å². The monoisotopic (exact) mass is 349 g/mol. The second-order valence-electron chi connectivity index (χ2n) is 5.74. The maximum absolute atomic E-state index is 6.24. The van der Waals surface area contributed by atoms with Crippen LogP contribution in [0.1, 0.15) is 57.6 Å². The van der Waals surface area contributed by atoms with E-state index in [9.17, 15) is 0 Å². The van der Waals surface area contributed by atoms with Gasteiger partial charge in [-0.15, -0.1) is 12.4 Å². The van der Waals surface area contributed by atoms with Crippen molar-refractivity contribution in [2.45, 2.75) is 52.0 Å². The molecule has 1 unspecified atom stereocenters. The normalized spacial score (nSPS) is 17.6. The first kappa shape index (κ1) is 19.1. The molecule has 0 saturated heterocycles. The Morgan fingerprint density at radius 1 is 1.05 bits per heavy atom. The SMILES string of the molecule is CCN(CC)C(c1ccc(Cl)c(Cl)c1)C1CCCCC1.Cl. The predicted molar refractivity (Wildman–Crippen MR) is 95.9 cm³/mol. The number of halogens is 3. The van der Waals surface area contributed by atoms with Crippen LogP contribution in [0, 0.1) is 5.92 Å². The van der Waals surface area contributed by atoms with E-state index in [1.165, 1.54) is 37.7 Å². The Labute approximate surface area is 145 Å². The molecule has 1 fully saturated rings. The highest BCUT2D eigenvalue weighted by Gasteiger charge is 2.29. The molecule has 0 bridgehead atoms. The molecule has 1 aromatic rings. The summed E-state index contributed by atoms with van der Waals surface area (Å²) in [6, 6.07) is 6.66. The van der Waals surface area contributed by atoms with Crippen LogP contribution in [0.2, 0.25) is 10.0 Å². The van der Waals surface area contributed by atoms with Gasteiger partial charge in [-0.3, -0.25) is 4.90 Å². The lowest BCUT2D eigenvalue weighted by Crippen LogP contribution is -2.34. The molecule has 0 spiro atoms. The number of hydrogen-bond donors (Lipinski definition) is 0. The topological polar surface area (TPSA) is 3.24 Å². The molecule has 0 heterocycles. The van der Waals surface area contributed by atoms with Crippen molar-refractivity contribution in [3.8, 4) is 0 Å². The van der Waals surface area contributed by atoms with Crippen LogP contribution in [-0.2, 0) is 0 Å². The van der Waals surface area contributed by atoms with Crippen LogP contribution in [0.25, 0.3) is 0 Å². The van der Waals surface area contributed by atoms with Gasteiger partial charge in [-0.1, -0.05) is 62.4 Å². The fraction of sp³-hybridized carbons (Fsp3) is 0.647. The molecule has 0 radical (unpaired) electrons. The zero-order valence-corrected chi connectivity index (χ0v) is 15.3. The summed E-state index contributed by atoms with van der Waals surface area (Å²) in [5.74, 6) is 0.751. The molecular formula is C17H26Cl3N. The lowest BCUT2D eigenvalue weighted by Gasteiger charge is -2.38. The third kappa shape index (κ3) is 4.76. The van der Waals surface area contributed by atoms with Crippen LogP contribution < -0.4 is 0 Å². The van der Waals surface area contributed by atoms with E-state index in [0.717, 1.165) is 19.0 Å². The first-order valence-corrected chi connectivity index (χ1v) is 8.62. The summed E-state index contributed by atoms with van der Waals surface area (Å²) in [5, 5.41) is 1.33. The number of benzene rings is 1. The van der Waals surface area contributed by atoms with E-state index in [2.05, 4.69) is 30.9 Å². The Kier molecular flexibility index (Phi) is 8.41. The summed E-state index contributed by atoms with van der Waals surface area (Å²) >= 11 is 12.3. The van der Waals surface area contributed by atoms with E-state index < -0.39 is 0 Å². The maximum atomic E-state index is 6.24. The smallest absolute Gasteiger partial charge is 0.0595 e. The molecule has 0 aliphatic heterocycles. The Hall–Kier alpha value is 0.0500. The highest BCUT2D eigenvalue weighted by molar-refractivity contribution is 6.42. The summed E-state index contributed by atoms with van der Waals surface area (Å²) in [6.07, 6.45) is 6.79. The molecule has 4 heteroatoms. The molecule has 0 amide bonds. The van der Waals surface area contributed by atoms with Crippen molar-refractivity contribution in [1.29, 1.82) is 0 Å². The lowest BCUT2D eigenvalue weighted by atomic mass is 9.80. The van der Waals surface area contributed by atoms with Gasteiger partial charge in [0, 0.05) is 6.04 Å². The van der Waals surface area contributed by atoms with Gasteiger partial charge in [0.1, 0.15) is 0 Å². The molecule has 1 saturated carbocycles. The van der Waals surface area contributed by atoms with Crippen molar-refractivity contribution in [3.63, 3.8) is 0 Å². The van der Waals surface area contributed by atoms with Crippen molar-refractivity contribution in [1.82, 2.24) is 4.90 Å². The van der Waals surface area contributed by atoms with Crippen LogP contribution in [0.15, 0.2) is 18.2 Å². The fourth-order valence-corrected chi connectivity index (χ4v) is 3.85. The summed E-state index contributed by atoms with van der Waals surface area (Å²) < 4.78 is 0. The lowest BCUT2D eigenvalue weighted by molar-refractivity contribution is 0.128. The van der Waals surface area contributed by atoms with Crippen LogP contribution in [0.3, 0.4) is 0 Å². The van der Waals surface area contributed by atoms with Crippen LogP contribution in [-0.4, -0.2) is 18.0 Å². The minimum atomic E-state index is 0. The molecule has 2 rings (SSSR count). The average molecular weight is 351 g/mol. The van der Waals surface area contributed by atoms with Crippen molar-refractivity contribution < 1.29 is 0 Å². The first-order valence-electron chi connectivity index (χ1n) is 7.86. The van der Waals surface area contributed by atoms with Gasteiger partial charge >= 0.3 is 0 Å². The quantitative estimate of drug-likeness (QED) is 0.595. The van der Waals surface area contributed by atoms with Gasteiger partial charge in [-0.25, -0.2) is 0 Å². The molecule has 1 aromatic carbocycles. The van der Waals surface area contributed by atoms with Crippen LogP contribution in [0.4, 0.5) is 0 Å². The molecule has 1 nitrogen and oxygen atoms in total. The minimum Gasteiger partial charge on any atom is -0.297 e. The molecule has 1 aliphatic rings. The van der Waals surface area contributed by atoms with Gasteiger partial charge in [-0.2, -0.15) is 0 Å². The molecule has 0 N–H and O–H groups in total. The van der Waals surface area contributed by atoms with Gasteiger partial charge in [0.25, 0.3) is 0 Å². The number of nitrogens with zero attached hydrogens (tertiary/aromatic N) is 1. The molecular weight excluding hydrogens is 325 g/mol. The first-order chi connectivity index (χ1) is 9.67. The molecule has 1 aliphatic carbocycles. The molecule has 120 valence electrons. The van der Waals surface area contributed by atoms with E-state index in [1.54, 1.807) is 0 Å². The zero-order valence-electron chi connectivity index (χ0n) is 12.9. The molecule has 0 aromatic heterocycles. The fourth-order valence-electron chi connectivity index (χ4n) is 3.54. The summed E-state index contributed by atoms with van der Waals surface area (Å²) in [4.78, 5) is 2.57. The Morgan fingerprint density at radius 2 is 1.67 bits per heavy atom. The highest BCUT2D eigenvalue weighted by atomic mass is 35.5. The van der Waals surface area contributed by atoms with Gasteiger partial charge in [0.15, 0.2) is 0 Å².